The van der Waals surface area contributed by atoms with Crippen molar-refractivity contribution in [2.24, 2.45) is 0 Å². The second-order valence-electron chi connectivity index (χ2n) is 8.27. The lowest BCUT2D eigenvalue weighted by atomic mass is 10.2. The molecular formula is C25H29N3O5S2. The van der Waals surface area contributed by atoms with Gasteiger partial charge in [0, 0.05) is 18.7 Å². The lowest BCUT2D eigenvalue weighted by Crippen LogP contribution is -2.31. The summed E-state index contributed by atoms with van der Waals surface area (Å²) in [5.74, 6) is -0.295. The number of carbonyl (C=O) groups is 1. The fourth-order valence-corrected chi connectivity index (χ4v) is 5.57. The Labute approximate surface area is 207 Å². The number of hydrogen-bond donors (Lipinski definition) is 2. The van der Waals surface area contributed by atoms with E-state index in [1.807, 2.05) is 32.0 Å². The van der Waals surface area contributed by atoms with Crippen LogP contribution in [-0.2, 0) is 24.8 Å². The molecule has 0 aliphatic rings. The molecule has 0 radical (unpaired) electrons. The van der Waals surface area contributed by atoms with Gasteiger partial charge in [0.15, 0.2) is 0 Å². The maximum atomic E-state index is 12.7. The molecule has 1 amide bonds. The van der Waals surface area contributed by atoms with Gasteiger partial charge in [0.1, 0.15) is 0 Å². The molecule has 8 nitrogen and oxygen atoms in total. The minimum Gasteiger partial charge on any atom is -0.326 e. The average Bonchev–Trinajstić information content (AvgIpc) is 2.78. The number of hydrogen-bond acceptors (Lipinski definition) is 5. The highest BCUT2D eigenvalue weighted by Crippen LogP contribution is 2.22. The van der Waals surface area contributed by atoms with Gasteiger partial charge in [0.2, 0.25) is 15.9 Å². The molecule has 0 heterocycles. The normalized spacial score (nSPS) is 11.6. The minimum absolute atomic E-state index is 0.0701. The first-order valence-electron chi connectivity index (χ1n) is 11.0. The van der Waals surface area contributed by atoms with Gasteiger partial charge in [-0.1, -0.05) is 30.3 Å². The lowest BCUT2D eigenvalue weighted by molar-refractivity contribution is -0.116. The molecule has 2 N–H and O–H groups in total. The molecule has 0 bridgehead atoms. The highest BCUT2D eigenvalue weighted by atomic mass is 32.2. The Morgan fingerprint density at radius 1 is 0.886 bits per heavy atom. The molecule has 0 unspecified atom stereocenters. The van der Waals surface area contributed by atoms with Gasteiger partial charge in [-0.25, -0.2) is 16.8 Å². The molecule has 0 spiro atoms. The Morgan fingerprint density at radius 3 is 2.20 bits per heavy atom. The van der Waals surface area contributed by atoms with Crippen molar-refractivity contribution in [1.29, 1.82) is 0 Å². The van der Waals surface area contributed by atoms with E-state index >= 15 is 0 Å². The monoisotopic (exact) mass is 515 g/mol. The van der Waals surface area contributed by atoms with Crippen LogP contribution in [0.3, 0.4) is 0 Å². The van der Waals surface area contributed by atoms with Crippen molar-refractivity contribution in [2.45, 2.75) is 31.6 Å². The zero-order valence-corrected chi connectivity index (χ0v) is 21.5. The van der Waals surface area contributed by atoms with E-state index in [-0.39, 0.29) is 23.8 Å². The van der Waals surface area contributed by atoms with Crippen molar-refractivity contribution in [3.8, 4) is 0 Å². The summed E-state index contributed by atoms with van der Waals surface area (Å²) >= 11 is 0. The molecule has 0 aromatic heterocycles. The van der Waals surface area contributed by atoms with Crippen molar-refractivity contribution < 1.29 is 21.6 Å². The van der Waals surface area contributed by atoms with Gasteiger partial charge in [0.05, 0.1) is 22.5 Å². The molecule has 186 valence electrons. The number of carbonyl (C=O) groups excluding carboxylic acids is 1. The van der Waals surface area contributed by atoms with Gasteiger partial charge in [-0.15, -0.1) is 0 Å². The number of nitrogens with one attached hydrogen (secondary N) is 2. The van der Waals surface area contributed by atoms with Gasteiger partial charge in [0.25, 0.3) is 10.0 Å². The summed E-state index contributed by atoms with van der Waals surface area (Å²) in [6.07, 6.45) is 1.56. The molecular weight excluding hydrogens is 486 g/mol. The van der Waals surface area contributed by atoms with Gasteiger partial charge in [-0.05, 0) is 73.9 Å². The molecule has 35 heavy (non-hydrogen) atoms. The number of rotatable bonds is 10. The van der Waals surface area contributed by atoms with E-state index in [4.69, 9.17) is 0 Å². The summed E-state index contributed by atoms with van der Waals surface area (Å²) in [6.45, 7) is 3.86. The largest absolute Gasteiger partial charge is 0.326 e. The lowest BCUT2D eigenvalue weighted by Gasteiger charge is -2.22. The predicted octanol–water partition coefficient (Wildman–Crippen LogP) is 4.29. The Kier molecular flexibility index (Phi) is 8.18. The maximum absolute atomic E-state index is 12.7. The van der Waals surface area contributed by atoms with Crippen LogP contribution < -0.4 is 14.3 Å². The fourth-order valence-electron chi connectivity index (χ4n) is 3.48. The van der Waals surface area contributed by atoms with Crippen LogP contribution in [0.5, 0.6) is 0 Å². The third kappa shape index (κ3) is 7.30. The zero-order chi connectivity index (χ0) is 25.6. The maximum Gasteiger partial charge on any atom is 0.261 e. The van der Waals surface area contributed by atoms with E-state index < -0.39 is 20.0 Å². The Morgan fingerprint density at radius 2 is 1.57 bits per heavy atom. The number of benzene rings is 3. The molecule has 0 atom stereocenters. The summed E-state index contributed by atoms with van der Waals surface area (Å²) in [6, 6.07) is 20.1. The topological polar surface area (TPSA) is 113 Å². The van der Waals surface area contributed by atoms with Crippen LogP contribution in [0.4, 0.5) is 17.1 Å². The third-order valence-corrected chi connectivity index (χ3v) is 7.87. The zero-order valence-electron chi connectivity index (χ0n) is 19.9. The van der Waals surface area contributed by atoms with Crippen LogP contribution in [0.2, 0.25) is 0 Å². The van der Waals surface area contributed by atoms with E-state index in [2.05, 4.69) is 10.0 Å². The van der Waals surface area contributed by atoms with Crippen molar-refractivity contribution in [3.63, 3.8) is 0 Å². The van der Waals surface area contributed by atoms with Gasteiger partial charge < -0.3 is 5.32 Å². The first-order chi connectivity index (χ1) is 16.5. The van der Waals surface area contributed by atoms with Crippen molar-refractivity contribution in [2.75, 3.05) is 27.1 Å². The average molecular weight is 516 g/mol. The summed E-state index contributed by atoms with van der Waals surface area (Å²) in [7, 11) is -7.27. The predicted molar refractivity (Wildman–Crippen MR) is 140 cm³/mol. The van der Waals surface area contributed by atoms with Crippen LogP contribution in [0.1, 0.15) is 24.0 Å². The molecule has 0 saturated carbocycles. The number of amides is 1. The molecule has 0 aliphatic carbocycles. The van der Waals surface area contributed by atoms with E-state index in [0.717, 1.165) is 17.4 Å². The molecule has 0 fully saturated rings. The molecule has 3 rings (SSSR count). The highest BCUT2D eigenvalue weighted by Gasteiger charge is 2.18. The standard InChI is InChI=1S/C25H29N3O5S2/c1-19-8-6-10-22(18-19)28(34(3,30)31)17-7-12-25(29)26-21-13-15-23(16-14-21)35(32,33)27-24-11-5-4-9-20(24)2/h4-6,8-11,13-16,18,27H,7,12,17H2,1-3H3,(H,26,29). The minimum atomic E-state index is -3.77. The second kappa shape index (κ2) is 10.9. The summed E-state index contributed by atoms with van der Waals surface area (Å²) in [4.78, 5) is 12.5. The van der Waals surface area contributed by atoms with E-state index in [0.29, 0.717) is 23.5 Å². The summed E-state index contributed by atoms with van der Waals surface area (Å²) in [5, 5.41) is 2.72. The van der Waals surface area contributed by atoms with Gasteiger partial charge >= 0.3 is 0 Å². The molecule has 0 aliphatic heterocycles. The van der Waals surface area contributed by atoms with E-state index in [9.17, 15) is 21.6 Å². The number of anilines is 3. The second-order valence-corrected chi connectivity index (χ2v) is 11.9. The number of aryl methyl sites for hydroxylation is 2. The Bertz CT molecular complexity index is 1400. The number of sulfonamides is 2. The number of nitrogens with zero attached hydrogens (tertiary/aromatic N) is 1. The molecule has 3 aromatic carbocycles. The third-order valence-electron chi connectivity index (χ3n) is 5.29. The summed E-state index contributed by atoms with van der Waals surface area (Å²) in [5.41, 5.74) is 3.25. The van der Waals surface area contributed by atoms with E-state index in [1.165, 1.54) is 28.6 Å². The van der Waals surface area contributed by atoms with Crippen molar-refractivity contribution >= 4 is 43.0 Å². The first kappa shape index (κ1) is 26.2. The van der Waals surface area contributed by atoms with Crippen LogP contribution in [0.15, 0.2) is 77.7 Å². The SMILES string of the molecule is Cc1cccc(N(CCCC(=O)Nc2ccc(S(=O)(=O)Nc3ccccc3C)cc2)S(C)(=O)=O)c1. The number of para-hydroxylation sites is 1. The molecule has 0 saturated heterocycles. The van der Waals surface area contributed by atoms with Crippen LogP contribution in [-0.4, -0.2) is 35.5 Å². The van der Waals surface area contributed by atoms with Crippen LogP contribution in [0, 0.1) is 13.8 Å². The molecule has 3 aromatic rings. The fraction of sp³-hybridized carbons (Fsp3) is 0.240. The first-order valence-corrected chi connectivity index (χ1v) is 14.3. The van der Waals surface area contributed by atoms with Crippen molar-refractivity contribution in [1.82, 2.24) is 0 Å². The van der Waals surface area contributed by atoms with Crippen LogP contribution in [0.25, 0.3) is 0 Å². The Hall–Kier alpha value is -3.37. The molecule has 10 heteroatoms. The highest BCUT2D eigenvalue weighted by molar-refractivity contribution is 7.92. The van der Waals surface area contributed by atoms with Crippen molar-refractivity contribution in [3.05, 3.63) is 83.9 Å². The van der Waals surface area contributed by atoms with Gasteiger partial charge in [-0.3, -0.25) is 13.8 Å². The van der Waals surface area contributed by atoms with Gasteiger partial charge in [-0.2, -0.15) is 0 Å². The quantitative estimate of drug-likeness (QED) is 0.418. The summed E-state index contributed by atoms with van der Waals surface area (Å²) < 4.78 is 53.6. The smallest absolute Gasteiger partial charge is 0.261 e. The Balaban J connectivity index is 1.58. The van der Waals surface area contributed by atoms with E-state index in [1.54, 1.807) is 30.3 Å². The van der Waals surface area contributed by atoms with Crippen LogP contribution >= 0.6 is 0 Å².